The van der Waals surface area contributed by atoms with Gasteiger partial charge < -0.3 is 15.1 Å². The van der Waals surface area contributed by atoms with E-state index in [1.165, 1.54) is 12.5 Å². The molecule has 0 aliphatic carbocycles. The lowest BCUT2D eigenvalue weighted by molar-refractivity contribution is -0.120. The van der Waals surface area contributed by atoms with Gasteiger partial charge >= 0.3 is 0 Å². The van der Waals surface area contributed by atoms with Crippen molar-refractivity contribution in [3.8, 4) is 0 Å². The lowest BCUT2D eigenvalue weighted by atomic mass is 10.3. The van der Waals surface area contributed by atoms with Gasteiger partial charge in [0.25, 0.3) is 5.91 Å². The van der Waals surface area contributed by atoms with E-state index in [0.717, 1.165) is 5.57 Å². The third-order valence-corrected chi connectivity index (χ3v) is 2.01. The van der Waals surface area contributed by atoms with E-state index >= 15 is 0 Å². The lowest BCUT2D eigenvalue weighted by Gasteiger charge is -2.05. The molecule has 0 radical (unpaired) electrons. The van der Waals surface area contributed by atoms with E-state index in [1.54, 1.807) is 6.07 Å². The SMILES string of the molecule is C=C(C)CNC(=O)CCNC(=O)c1ccoc1. The number of hydrogen-bond donors (Lipinski definition) is 2. The fourth-order valence-electron chi connectivity index (χ4n) is 1.12. The van der Waals surface area contributed by atoms with Gasteiger partial charge in [-0.25, -0.2) is 0 Å². The summed E-state index contributed by atoms with van der Waals surface area (Å²) in [5, 5.41) is 5.30. The van der Waals surface area contributed by atoms with Crippen molar-refractivity contribution in [2.75, 3.05) is 13.1 Å². The van der Waals surface area contributed by atoms with E-state index in [2.05, 4.69) is 17.2 Å². The first-order valence-electron chi connectivity index (χ1n) is 5.31. The number of furan rings is 1. The molecule has 17 heavy (non-hydrogen) atoms. The van der Waals surface area contributed by atoms with Crippen LogP contribution < -0.4 is 10.6 Å². The Morgan fingerprint density at radius 2 is 2.18 bits per heavy atom. The van der Waals surface area contributed by atoms with Crippen LogP contribution in [0.3, 0.4) is 0 Å². The van der Waals surface area contributed by atoms with Gasteiger partial charge in [0, 0.05) is 19.5 Å². The highest BCUT2D eigenvalue weighted by Crippen LogP contribution is 1.98. The first kappa shape index (κ1) is 13.0. The standard InChI is InChI=1S/C12H16N2O3/c1-9(2)7-14-11(15)3-5-13-12(16)10-4-6-17-8-10/h4,6,8H,1,3,5,7H2,2H3,(H,13,16)(H,14,15). The Bertz CT molecular complexity index is 396. The molecule has 0 fully saturated rings. The quantitative estimate of drug-likeness (QED) is 0.726. The van der Waals surface area contributed by atoms with Gasteiger partial charge in [0.05, 0.1) is 11.8 Å². The Morgan fingerprint density at radius 1 is 1.41 bits per heavy atom. The summed E-state index contributed by atoms with van der Waals surface area (Å²) in [5.41, 5.74) is 1.34. The summed E-state index contributed by atoms with van der Waals surface area (Å²) in [7, 11) is 0. The molecule has 2 amide bonds. The molecule has 1 aromatic rings. The van der Waals surface area contributed by atoms with Crippen LogP contribution in [0.25, 0.3) is 0 Å². The minimum Gasteiger partial charge on any atom is -0.472 e. The maximum Gasteiger partial charge on any atom is 0.254 e. The smallest absolute Gasteiger partial charge is 0.254 e. The fourth-order valence-corrected chi connectivity index (χ4v) is 1.12. The van der Waals surface area contributed by atoms with Crippen molar-refractivity contribution in [1.29, 1.82) is 0 Å². The summed E-state index contributed by atoms with van der Waals surface area (Å²) < 4.78 is 4.78. The van der Waals surface area contributed by atoms with E-state index in [0.29, 0.717) is 18.7 Å². The lowest BCUT2D eigenvalue weighted by Crippen LogP contribution is -2.31. The molecule has 0 aliphatic rings. The van der Waals surface area contributed by atoms with E-state index in [-0.39, 0.29) is 18.2 Å². The maximum absolute atomic E-state index is 11.4. The van der Waals surface area contributed by atoms with E-state index in [9.17, 15) is 9.59 Å². The van der Waals surface area contributed by atoms with Gasteiger partial charge in [0.15, 0.2) is 0 Å². The van der Waals surface area contributed by atoms with Crippen LogP contribution >= 0.6 is 0 Å². The number of carbonyl (C=O) groups excluding carboxylic acids is 2. The van der Waals surface area contributed by atoms with Crippen molar-refractivity contribution in [3.63, 3.8) is 0 Å². The maximum atomic E-state index is 11.4. The van der Waals surface area contributed by atoms with Crippen LogP contribution in [0.15, 0.2) is 35.2 Å². The summed E-state index contributed by atoms with van der Waals surface area (Å²) in [6.45, 7) is 6.27. The number of carbonyl (C=O) groups is 2. The molecule has 1 rings (SSSR count). The molecule has 5 heteroatoms. The minimum absolute atomic E-state index is 0.111. The Labute approximate surface area is 99.9 Å². The number of hydrogen-bond acceptors (Lipinski definition) is 3. The second kappa shape index (κ2) is 6.52. The zero-order valence-electron chi connectivity index (χ0n) is 9.79. The van der Waals surface area contributed by atoms with Crippen LogP contribution in [0.1, 0.15) is 23.7 Å². The molecular weight excluding hydrogens is 220 g/mol. The highest BCUT2D eigenvalue weighted by molar-refractivity contribution is 5.93. The van der Waals surface area contributed by atoms with Gasteiger partial charge in [-0.2, -0.15) is 0 Å². The second-order valence-electron chi connectivity index (χ2n) is 3.75. The summed E-state index contributed by atoms with van der Waals surface area (Å²) in [6, 6.07) is 1.57. The van der Waals surface area contributed by atoms with Gasteiger partial charge in [0.2, 0.25) is 5.91 Å². The van der Waals surface area contributed by atoms with Gasteiger partial charge in [-0.15, -0.1) is 0 Å². The molecule has 0 bridgehead atoms. The molecule has 2 N–H and O–H groups in total. The number of amides is 2. The molecule has 0 atom stereocenters. The molecule has 0 spiro atoms. The molecular formula is C12H16N2O3. The summed E-state index contributed by atoms with van der Waals surface area (Å²) in [5.74, 6) is -0.355. The van der Waals surface area contributed by atoms with Gasteiger partial charge in [-0.05, 0) is 13.0 Å². The van der Waals surface area contributed by atoms with Crippen LogP contribution in [-0.4, -0.2) is 24.9 Å². The Morgan fingerprint density at radius 3 is 2.76 bits per heavy atom. The second-order valence-corrected chi connectivity index (χ2v) is 3.75. The molecule has 0 saturated heterocycles. The Hall–Kier alpha value is -2.04. The molecule has 0 aromatic carbocycles. The summed E-state index contributed by atoms with van der Waals surface area (Å²) in [4.78, 5) is 22.7. The Balaban J connectivity index is 2.17. The van der Waals surface area contributed by atoms with Crippen molar-refractivity contribution in [3.05, 3.63) is 36.3 Å². The molecule has 0 unspecified atom stereocenters. The molecule has 1 aromatic heterocycles. The average molecular weight is 236 g/mol. The van der Waals surface area contributed by atoms with Crippen molar-refractivity contribution in [1.82, 2.24) is 10.6 Å². The highest BCUT2D eigenvalue weighted by atomic mass is 16.3. The average Bonchev–Trinajstić information content (AvgIpc) is 2.79. The van der Waals surface area contributed by atoms with Crippen molar-refractivity contribution >= 4 is 11.8 Å². The van der Waals surface area contributed by atoms with Crippen LogP contribution in [-0.2, 0) is 4.79 Å². The molecule has 0 aliphatic heterocycles. The molecule has 0 saturated carbocycles. The normalized spacial score (nSPS) is 9.71. The fraction of sp³-hybridized carbons (Fsp3) is 0.333. The Kier molecular flexibility index (Phi) is 5.00. The number of nitrogens with one attached hydrogen (secondary N) is 2. The zero-order chi connectivity index (χ0) is 12.7. The van der Waals surface area contributed by atoms with Crippen LogP contribution in [0.4, 0.5) is 0 Å². The van der Waals surface area contributed by atoms with E-state index in [4.69, 9.17) is 4.42 Å². The van der Waals surface area contributed by atoms with Crippen LogP contribution in [0, 0.1) is 0 Å². The summed E-state index contributed by atoms with van der Waals surface area (Å²) in [6.07, 6.45) is 3.03. The van der Waals surface area contributed by atoms with Crippen molar-refractivity contribution in [2.45, 2.75) is 13.3 Å². The molecule has 1 heterocycles. The zero-order valence-corrected chi connectivity index (χ0v) is 9.79. The topological polar surface area (TPSA) is 71.3 Å². The van der Waals surface area contributed by atoms with E-state index in [1.807, 2.05) is 6.92 Å². The predicted molar refractivity (Wildman–Crippen MR) is 63.5 cm³/mol. The van der Waals surface area contributed by atoms with Gasteiger partial charge in [-0.1, -0.05) is 12.2 Å². The summed E-state index contributed by atoms with van der Waals surface area (Å²) >= 11 is 0. The van der Waals surface area contributed by atoms with Crippen LogP contribution in [0.5, 0.6) is 0 Å². The largest absolute Gasteiger partial charge is 0.472 e. The number of rotatable bonds is 6. The minimum atomic E-state index is -0.244. The first-order chi connectivity index (χ1) is 8.09. The third-order valence-electron chi connectivity index (χ3n) is 2.01. The van der Waals surface area contributed by atoms with Gasteiger partial charge in [0.1, 0.15) is 6.26 Å². The molecule has 92 valence electrons. The monoisotopic (exact) mass is 236 g/mol. The highest BCUT2D eigenvalue weighted by Gasteiger charge is 2.07. The van der Waals surface area contributed by atoms with Crippen molar-refractivity contribution in [2.24, 2.45) is 0 Å². The predicted octanol–water partition coefficient (Wildman–Crippen LogP) is 1.09. The van der Waals surface area contributed by atoms with Crippen LogP contribution in [0.2, 0.25) is 0 Å². The van der Waals surface area contributed by atoms with E-state index < -0.39 is 0 Å². The molecule has 5 nitrogen and oxygen atoms in total. The van der Waals surface area contributed by atoms with Crippen molar-refractivity contribution < 1.29 is 14.0 Å². The third kappa shape index (κ3) is 5.01. The first-order valence-corrected chi connectivity index (χ1v) is 5.31. The van der Waals surface area contributed by atoms with Gasteiger partial charge in [-0.3, -0.25) is 9.59 Å².